The number of benzene rings is 2. The molecule has 3 aromatic rings. The predicted octanol–water partition coefficient (Wildman–Crippen LogP) is 7.58. The third kappa shape index (κ3) is 11.5. The Bertz CT molecular complexity index is 1850. The van der Waals surface area contributed by atoms with E-state index in [9.17, 15) is 19.2 Å². The monoisotopic (exact) mass is 844 g/mol. The molecule has 5 atom stereocenters. The van der Waals surface area contributed by atoms with Crippen molar-refractivity contribution in [2.24, 2.45) is 21.7 Å². The number of nitrogens with zero attached hydrogens (tertiary/aromatic N) is 2. The van der Waals surface area contributed by atoms with E-state index in [0.29, 0.717) is 35.1 Å². The molecule has 4 rings (SSSR count). The van der Waals surface area contributed by atoms with E-state index in [1.807, 2.05) is 48.5 Å². The van der Waals surface area contributed by atoms with Crippen molar-refractivity contribution in [2.45, 2.75) is 127 Å². The Morgan fingerprint density at radius 3 is 1.79 bits per heavy atom. The van der Waals surface area contributed by atoms with Crippen molar-refractivity contribution in [2.75, 3.05) is 13.2 Å². The number of fused-ring (bicyclic) bond motifs is 1. The fraction of sp³-hybridized carbons (Fsp3) is 0.595. The molecule has 0 N–H and O–H groups in total. The molecular formula is C42H57BrN2O11. The number of hydrogen-bond donors (Lipinski definition) is 0. The van der Waals surface area contributed by atoms with Crippen molar-refractivity contribution in [3.05, 3.63) is 58.6 Å². The minimum absolute atomic E-state index is 0.105. The molecule has 0 bridgehead atoms. The second-order valence-electron chi connectivity index (χ2n) is 18.1. The highest BCUT2D eigenvalue weighted by Crippen LogP contribution is 2.38. The van der Waals surface area contributed by atoms with E-state index in [-0.39, 0.29) is 5.88 Å². The SMILES string of the molecule is CC(C)(C)C(=O)OC[C@H]1OC(Oc2nn(CCOCc3ccccc3)c3cccc(Br)c23)[C@H](OC(=O)C(C)(C)C)[C@@H](OC(=O)C(C)(C)C)[C@@H]1OC(=O)C(C)(C)C. The van der Waals surface area contributed by atoms with E-state index in [4.69, 9.17) is 38.3 Å². The number of carbonyl (C=O) groups is 4. The van der Waals surface area contributed by atoms with E-state index in [1.165, 1.54) is 0 Å². The third-order valence-electron chi connectivity index (χ3n) is 8.63. The van der Waals surface area contributed by atoms with Crippen molar-refractivity contribution in [1.82, 2.24) is 9.78 Å². The zero-order chi connectivity index (χ0) is 41.8. The number of esters is 4. The van der Waals surface area contributed by atoms with Crippen molar-refractivity contribution in [3.8, 4) is 5.88 Å². The van der Waals surface area contributed by atoms with Gasteiger partial charge in [-0.25, -0.2) is 0 Å². The maximum Gasteiger partial charge on any atom is 0.311 e. The van der Waals surface area contributed by atoms with Crippen LogP contribution in [0.1, 0.15) is 88.6 Å². The Balaban J connectivity index is 1.81. The van der Waals surface area contributed by atoms with Gasteiger partial charge in [0.05, 0.1) is 52.3 Å². The molecule has 0 spiro atoms. The highest BCUT2D eigenvalue weighted by Gasteiger charge is 2.56. The normalized spacial score (nSPS) is 20.6. The van der Waals surface area contributed by atoms with Gasteiger partial charge in [0.2, 0.25) is 18.3 Å². The summed E-state index contributed by atoms with van der Waals surface area (Å²) in [6.07, 6.45) is -7.11. The Hall–Kier alpha value is -4.01. The van der Waals surface area contributed by atoms with Crippen molar-refractivity contribution in [1.29, 1.82) is 0 Å². The molecule has 0 radical (unpaired) electrons. The summed E-state index contributed by atoms with van der Waals surface area (Å²) >= 11 is 3.64. The average molecular weight is 846 g/mol. The fourth-order valence-electron chi connectivity index (χ4n) is 5.22. The van der Waals surface area contributed by atoms with Gasteiger partial charge in [-0.1, -0.05) is 36.4 Å². The molecule has 14 heteroatoms. The van der Waals surface area contributed by atoms with Crippen molar-refractivity contribution >= 4 is 50.7 Å². The maximum atomic E-state index is 13.7. The fourth-order valence-corrected chi connectivity index (χ4v) is 5.74. The number of carbonyl (C=O) groups excluding carboxylic acids is 4. The van der Waals surface area contributed by atoms with Gasteiger partial charge in [-0.2, -0.15) is 0 Å². The lowest BCUT2D eigenvalue weighted by molar-refractivity contribution is -0.294. The van der Waals surface area contributed by atoms with Crippen LogP contribution in [0.2, 0.25) is 0 Å². The van der Waals surface area contributed by atoms with E-state index in [2.05, 4.69) is 15.9 Å². The molecule has 1 aliphatic rings. The van der Waals surface area contributed by atoms with Crippen LogP contribution < -0.4 is 4.74 Å². The van der Waals surface area contributed by atoms with Crippen LogP contribution in [-0.2, 0) is 60.8 Å². The summed E-state index contributed by atoms with van der Waals surface area (Å²) < 4.78 is 45.5. The molecule has 1 unspecified atom stereocenters. The van der Waals surface area contributed by atoms with Gasteiger partial charge in [0.25, 0.3) is 0 Å². The summed E-state index contributed by atoms with van der Waals surface area (Å²) in [5.41, 5.74) is -2.18. The minimum atomic E-state index is -1.50. The molecule has 308 valence electrons. The van der Waals surface area contributed by atoms with E-state index in [0.717, 1.165) is 5.56 Å². The molecular weight excluding hydrogens is 788 g/mol. The molecule has 0 amide bonds. The standard InChI is InChI=1S/C42H57BrN2O11/c1-39(2,3)35(46)51-24-28-30(53-36(47)40(4,5)6)31(54-37(48)41(7,8)9)32(55-38(49)42(10,11)12)34(52-28)56-33-29-26(43)19-16-20-27(29)45(44-33)21-22-50-23-25-17-14-13-15-18-25/h13-20,28,30-32,34H,21-24H2,1-12H3/t28-,30-,31+,32-,34?/m1/s1. The lowest BCUT2D eigenvalue weighted by Gasteiger charge is -2.45. The van der Waals surface area contributed by atoms with Crippen LogP contribution in [-0.4, -0.2) is 77.6 Å². The predicted molar refractivity (Wildman–Crippen MR) is 211 cm³/mol. The first-order valence-electron chi connectivity index (χ1n) is 18.8. The van der Waals surface area contributed by atoms with Gasteiger partial charge in [0.15, 0.2) is 12.2 Å². The molecule has 2 aromatic carbocycles. The lowest BCUT2D eigenvalue weighted by atomic mass is 9.93. The molecule has 1 aliphatic heterocycles. The zero-order valence-corrected chi connectivity index (χ0v) is 36.2. The van der Waals surface area contributed by atoms with Crippen LogP contribution in [0.4, 0.5) is 0 Å². The zero-order valence-electron chi connectivity index (χ0n) is 34.6. The van der Waals surface area contributed by atoms with E-state index >= 15 is 0 Å². The average Bonchev–Trinajstić information content (AvgIpc) is 3.44. The van der Waals surface area contributed by atoms with Crippen LogP contribution in [0.25, 0.3) is 10.9 Å². The summed E-state index contributed by atoms with van der Waals surface area (Å²) in [5.74, 6) is -2.43. The topological polar surface area (TPSA) is 151 Å². The molecule has 1 aromatic heterocycles. The van der Waals surface area contributed by atoms with Gasteiger partial charge in [0.1, 0.15) is 12.7 Å². The van der Waals surface area contributed by atoms with Crippen LogP contribution in [0.15, 0.2) is 53.0 Å². The molecule has 56 heavy (non-hydrogen) atoms. The van der Waals surface area contributed by atoms with Gasteiger partial charge in [-0.05, 0) is 117 Å². The number of aromatic nitrogens is 2. The number of halogens is 1. The molecule has 13 nitrogen and oxygen atoms in total. The lowest BCUT2D eigenvalue weighted by Crippen LogP contribution is -2.65. The molecule has 1 saturated heterocycles. The number of ether oxygens (including phenoxy) is 7. The summed E-state index contributed by atoms with van der Waals surface area (Å²) in [6.45, 7) is 20.8. The number of rotatable bonds is 12. The highest BCUT2D eigenvalue weighted by molar-refractivity contribution is 9.10. The summed E-state index contributed by atoms with van der Waals surface area (Å²) in [7, 11) is 0. The highest BCUT2D eigenvalue weighted by atomic mass is 79.9. The van der Waals surface area contributed by atoms with E-state index < -0.39 is 82.8 Å². The molecule has 0 aliphatic carbocycles. The minimum Gasteiger partial charge on any atom is -0.462 e. The Morgan fingerprint density at radius 2 is 1.23 bits per heavy atom. The second-order valence-corrected chi connectivity index (χ2v) is 18.9. The van der Waals surface area contributed by atoms with Gasteiger partial charge >= 0.3 is 23.9 Å². The smallest absolute Gasteiger partial charge is 0.311 e. The van der Waals surface area contributed by atoms with Crippen molar-refractivity contribution in [3.63, 3.8) is 0 Å². The third-order valence-corrected chi connectivity index (χ3v) is 9.29. The summed E-state index contributed by atoms with van der Waals surface area (Å²) in [4.78, 5) is 54.0. The first-order chi connectivity index (χ1) is 25.9. The Labute approximate surface area is 338 Å². The largest absolute Gasteiger partial charge is 0.462 e. The second kappa shape index (κ2) is 17.6. The molecule has 1 fully saturated rings. The molecule has 2 heterocycles. The Morgan fingerprint density at radius 1 is 0.696 bits per heavy atom. The van der Waals surface area contributed by atoms with Gasteiger partial charge in [-0.3, -0.25) is 23.9 Å². The number of hydrogen-bond acceptors (Lipinski definition) is 12. The quantitative estimate of drug-likeness (QED) is 0.100. The van der Waals surface area contributed by atoms with Crippen LogP contribution >= 0.6 is 15.9 Å². The van der Waals surface area contributed by atoms with E-state index in [1.54, 1.807) is 87.8 Å². The van der Waals surface area contributed by atoms with Gasteiger partial charge in [-0.15, -0.1) is 5.10 Å². The first kappa shape index (κ1) is 44.7. The van der Waals surface area contributed by atoms with Crippen LogP contribution in [0.3, 0.4) is 0 Å². The summed E-state index contributed by atoms with van der Waals surface area (Å²) in [6, 6.07) is 15.4. The van der Waals surface area contributed by atoms with Crippen LogP contribution in [0.5, 0.6) is 5.88 Å². The Kier molecular flexibility index (Phi) is 14.1. The van der Waals surface area contributed by atoms with Crippen LogP contribution in [0, 0.1) is 21.7 Å². The maximum absolute atomic E-state index is 13.7. The molecule has 0 saturated carbocycles. The van der Waals surface area contributed by atoms with Gasteiger partial charge in [0, 0.05) is 4.47 Å². The summed E-state index contributed by atoms with van der Waals surface area (Å²) in [5, 5.41) is 5.38. The van der Waals surface area contributed by atoms with Gasteiger partial charge < -0.3 is 33.2 Å². The van der Waals surface area contributed by atoms with Crippen molar-refractivity contribution < 1.29 is 52.3 Å². The first-order valence-corrected chi connectivity index (χ1v) is 19.6.